The van der Waals surface area contributed by atoms with E-state index in [1.807, 2.05) is 35.0 Å². The zero-order valence-electron chi connectivity index (χ0n) is 14.7. The van der Waals surface area contributed by atoms with Gasteiger partial charge < -0.3 is 4.90 Å². The minimum absolute atomic E-state index is 0.0559. The molecule has 28 heavy (non-hydrogen) atoms. The van der Waals surface area contributed by atoms with Crippen LogP contribution in [0, 0.1) is 0 Å². The summed E-state index contributed by atoms with van der Waals surface area (Å²) in [6, 6.07) is 11.1. The highest BCUT2D eigenvalue weighted by Crippen LogP contribution is 2.27. The van der Waals surface area contributed by atoms with Crippen LogP contribution in [0.15, 0.2) is 52.0 Å². The van der Waals surface area contributed by atoms with Crippen LogP contribution >= 0.6 is 22.9 Å². The minimum Gasteiger partial charge on any atom is -0.334 e. The highest BCUT2D eigenvalue weighted by atomic mass is 35.5. The van der Waals surface area contributed by atoms with E-state index in [9.17, 15) is 9.59 Å². The van der Waals surface area contributed by atoms with Gasteiger partial charge in [0.2, 0.25) is 0 Å². The van der Waals surface area contributed by atoms with E-state index in [0.29, 0.717) is 34.8 Å². The molecule has 0 fully saturated rings. The Morgan fingerprint density at radius 2 is 2.11 bits per heavy atom. The van der Waals surface area contributed by atoms with E-state index in [1.54, 1.807) is 17.0 Å². The predicted octanol–water partition coefficient (Wildman–Crippen LogP) is 3.60. The maximum Gasteiger partial charge on any atom is 0.277 e. The summed E-state index contributed by atoms with van der Waals surface area (Å²) in [6.07, 6.45) is 0.559. The van der Waals surface area contributed by atoms with Crippen molar-refractivity contribution in [1.29, 1.82) is 0 Å². The standard InChI is InChI=1S/C20H15ClN4O2S/c21-15-4-2-1-3-13(15)17-9-18-22-16-5-7-24(19(26)12-6-8-28-11-12)10-14(16)20(27)25(18)23-17/h1-4,6,8-9,11,23H,5,7,10H2. The molecule has 0 unspecified atom stereocenters. The summed E-state index contributed by atoms with van der Waals surface area (Å²) in [5.41, 5.74) is 3.87. The fourth-order valence-corrected chi connectivity index (χ4v) is 4.41. The fraction of sp³-hybridized carbons (Fsp3) is 0.150. The van der Waals surface area contributed by atoms with Crippen LogP contribution in [-0.4, -0.2) is 31.9 Å². The number of hydrogen-bond donors (Lipinski definition) is 1. The van der Waals surface area contributed by atoms with Crippen LogP contribution in [0.1, 0.15) is 21.6 Å². The summed E-state index contributed by atoms with van der Waals surface area (Å²) >= 11 is 7.77. The largest absolute Gasteiger partial charge is 0.334 e. The quantitative estimate of drug-likeness (QED) is 0.548. The Morgan fingerprint density at radius 3 is 2.89 bits per heavy atom. The van der Waals surface area contributed by atoms with E-state index in [1.165, 1.54) is 15.9 Å². The van der Waals surface area contributed by atoms with Gasteiger partial charge in [-0.25, -0.2) is 9.50 Å². The first-order valence-corrected chi connectivity index (χ1v) is 10.1. The molecule has 1 aromatic carbocycles. The zero-order valence-corrected chi connectivity index (χ0v) is 16.3. The van der Waals surface area contributed by atoms with Crippen LogP contribution < -0.4 is 5.56 Å². The first kappa shape index (κ1) is 17.2. The van der Waals surface area contributed by atoms with Gasteiger partial charge in [-0.1, -0.05) is 29.8 Å². The number of hydrogen-bond acceptors (Lipinski definition) is 4. The average molecular weight is 411 g/mol. The number of nitrogens with zero attached hydrogens (tertiary/aromatic N) is 3. The molecule has 8 heteroatoms. The number of carbonyl (C=O) groups is 1. The van der Waals surface area contributed by atoms with Crippen molar-refractivity contribution in [3.63, 3.8) is 0 Å². The molecule has 3 aromatic heterocycles. The molecule has 4 aromatic rings. The average Bonchev–Trinajstić information content (AvgIpc) is 3.38. The molecule has 0 aliphatic carbocycles. The number of thiophene rings is 1. The molecular weight excluding hydrogens is 396 g/mol. The van der Waals surface area contributed by atoms with Gasteiger partial charge in [0, 0.05) is 35.0 Å². The molecule has 0 saturated heterocycles. The van der Waals surface area contributed by atoms with E-state index in [2.05, 4.69) is 10.1 Å². The molecule has 0 spiro atoms. The van der Waals surface area contributed by atoms with Gasteiger partial charge in [0.05, 0.1) is 29.1 Å². The van der Waals surface area contributed by atoms with E-state index in [4.69, 9.17) is 11.6 Å². The Balaban J connectivity index is 1.56. The van der Waals surface area contributed by atoms with Crippen molar-refractivity contribution in [3.8, 4) is 11.3 Å². The second-order valence-electron chi connectivity index (χ2n) is 6.67. The maximum atomic E-state index is 13.1. The lowest BCUT2D eigenvalue weighted by Crippen LogP contribution is -2.40. The van der Waals surface area contributed by atoms with E-state index in [0.717, 1.165) is 17.0 Å². The van der Waals surface area contributed by atoms with Gasteiger partial charge in [-0.15, -0.1) is 0 Å². The van der Waals surface area contributed by atoms with Crippen LogP contribution in [0.2, 0.25) is 5.02 Å². The van der Waals surface area contributed by atoms with Crippen LogP contribution in [0.4, 0.5) is 0 Å². The van der Waals surface area contributed by atoms with Crippen LogP contribution in [-0.2, 0) is 13.0 Å². The van der Waals surface area contributed by atoms with Crippen molar-refractivity contribution >= 4 is 34.5 Å². The number of fused-ring (bicyclic) bond motifs is 2. The number of halogens is 1. The lowest BCUT2D eigenvalue weighted by atomic mass is 10.1. The number of rotatable bonds is 2. The minimum atomic E-state index is -0.180. The Bertz CT molecular complexity index is 1260. The van der Waals surface area contributed by atoms with Crippen molar-refractivity contribution in [1.82, 2.24) is 19.5 Å². The van der Waals surface area contributed by atoms with Gasteiger partial charge in [-0.2, -0.15) is 11.3 Å². The highest BCUT2D eigenvalue weighted by Gasteiger charge is 2.26. The van der Waals surface area contributed by atoms with E-state index >= 15 is 0 Å². The summed E-state index contributed by atoms with van der Waals surface area (Å²) in [5.74, 6) is -0.0559. The lowest BCUT2D eigenvalue weighted by Gasteiger charge is -2.27. The summed E-state index contributed by atoms with van der Waals surface area (Å²) in [6.45, 7) is 0.811. The van der Waals surface area contributed by atoms with Crippen molar-refractivity contribution < 1.29 is 4.79 Å². The number of nitrogens with one attached hydrogen (secondary N) is 1. The molecule has 0 saturated carbocycles. The van der Waals surface area contributed by atoms with Gasteiger partial charge in [0.1, 0.15) is 0 Å². The van der Waals surface area contributed by atoms with Gasteiger partial charge in [-0.3, -0.25) is 14.7 Å². The molecule has 140 valence electrons. The summed E-state index contributed by atoms with van der Waals surface area (Å²) in [4.78, 5) is 32.1. The zero-order chi connectivity index (χ0) is 19.3. The SMILES string of the molecule is O=C(c1ccsc1)N1CCc2nc3cc(-c4ccccc4Cl)[nH]n3c(=O)c2C1. The predicted molar refractivity (Wildman–Crippen MR) is 109 cm³/mol. The van der Waals surface area contributed by atoms with Gasteiger partial charge in [0.25, 0.3) is 11.5 Å². The summed E-state index contributed by atoms with van der Waals surface area (Å²) in [5, 5.41) is 7.40. The third-order valence-electron chi connectivity index (χ3n) is 4.98. The topological polar surface area (TPSA) is 70.5 Å². The molecule has 1 aliphatic heterocycles. The number of H-pyrrole nitrogens is 1. The highest BCUT2D eigenvalue weighted by molar-refractivity contribution is 7.08. The molecule has 1 N–H and O–H groups in total. The second kappa shape index (κ2) is 6.61. The fourth-order valence-electron chi connectivity index (χ4n) is 3.54. The van der Waals surface area contributed by atoms with Crippen molar-refractivity contribution in [3.05, 3.63) is 79.4 Å². The first-order valence-electron chi connectivity index (χ1n) is 8.82. The third kappa shape index (κ3) is 2.75. The molecule has 1 amide bonds. The number of aromatic nitrogens is 3. The van der Waals surface area contributed by atoms with Crippen LogP contribution in [0.5, 0.6) is 0 Å². The Hall–Kier alpha value is -2.90. The van der Waals surface area contributed by atoms with E-state index < -0.39 is 0 Å². The van der Waals surface area contributed by atoms with Crippen LogP contribution in [0.3, 0.4) is 0 Å². The Labute approximate surface area is 169 Å². The molecule has 6 nitrogen and oxygen atoms in total. The molecular formula is C20H15ClN4O2S. The Kier molecular flexibility index (Phi) is 4.07. The molecule has 1 aliphatic rings. The van der Waals surface area contributed by atoms with Crippen LogP contribution in [0.25, 0.3) is 16.9 Å². The molecule has 4 heterocycles. The van der Waals surface area contributed by atoms with Crippen molar-refractivity contribution in [2.45, 2.75) is 13.0 Å². The summed E-state index contributed by atoms with van der Waals surface area (Å²) < 4.78 is 1.43. The summed E-state index contributed by atoms with van der Waals surface area (Å²) in [7, 11) is 0. The lowest BCUT2D eigenvalue weighted by molar-refractivity contribution is 0.0733. The monoisotopic (exact) mass is 410 g/mol. The van der Waals surface area contributed by atoms with Gasteiger partial charge >= 0.3 is 0 Å². The molecule has 0 radical (unpaired) electrons. The third-order valence-corrected chi connectivity index (χ3v) is 5.99. The molecule has 5 rings (SSSR count). The second-order valence-corrected chi connectivity index (χ2v) is 7.86. The maximum absolute atomic E-state index is 13.1. The molecule has 0 bridgehead atoms. The van der Waals surface area contributed by atoms with Gasteiger partial charge in [0.15, 0.2) is 5.65 Å². The number of aromatic amines is 1. The van der Waals surface area contributed by atoms with Crippen molar-refractivity contribution in [2.24, 2.45) is 0 Å². The smallest absolute Gasteiger partial charge is 0.277 e. The first-order chi connectivity index (χ1) is 13.6. The number of benzene rings is 1. The molecule has 0 atom stereocenters. The van der Waals surface area contributed by atoms with Crippen molar-refractivity contribution in [2.75, 3.05) is 6.54 Å². The van der Waals surface area contributed by atoms with Gasteiger partial charge in [-0.05, 0) is 17.5 Å². The van der Waals surface area contributed by atoms with E-state index in [-0.39, 0.29) is 18.0 Å². The normalized spacial score (nSPS) is 13.7. The number of carbonyl (C=O) groups excluding carboxylic acids is 1. The Morgan fingerprint density at radius 1 is 1.25 bits per heavy atom. The number of amides is 1.